The third-order valence-corrected chi connectivity index (χ3v) is 10.6. The van der Waals surface area contributed by atoms with E-state index in [1.165, 1.54) is 19.6 Å². The van der Waals surface area contributed by atoms with Crippen LogP contribution in [0.15, 0.2) is 12.1 Å². The van der Waals surface area contributed by atoms with Gasteiger partial charge in [-0.15, -0.1) is 0 Å². The number of nitrogens with zero attached hydrogens (tertiary/aromatic N) is 1. The zero-order valence-corrected chi connectivity index (χ0v) is 24.5. The average molecular weight is 566 g/mol. The van der Waals surface area contributed by atoms with Gasteiger partial charge in [-0.05, 0) is 94.4 Å². The first-order valence-corrected chi connectivity index (χ1v) is 15.2. The highest BCUT2D eigenvalue weighted by molar-refractivity contribution is 5.98. The fourth-order valence-corrected chi connectivity index (χ4v) is 7.47. The molecule has 9 nitrogen and oxygen atoms in total. The summed E-state index contributed by atoms with van der Waals surface area (Å²) in [6.07, 6.45) is 9.26. The van der Waals surface area contributed by atoms with Gasteiger partial charge in [-0.1, -0.05) is 13.3 Å². The van der Waals surface area contributed by atoms with Crippen molar-refractivity contribution in [1.82, 2.24) is 10.6 Å². The van der Waals surface area contributed by atoms with E-state index in [9.17, 15) is 24.8 Å². The lowest BCUT2D eigenvalue weighted by atomic mass is 9.61. The quantitative estimate of drug-likeness (QED) is 0.390. The van der Waals surface area contributed by atoms with Crippen molar-refractivity contribution >= 4 is 17.8 Å². The lowest BCUT2D eigenvalue weighted by Gasteiger charge is -2.48. The van der Waals surface area contributed by atoms with Gasteiger partial charge in [-0.25, -0.2) is 0 Å². The summed E-state index contributed by atoms with van der Waals surface area (Å²) < 4.78 is 11.7. The smallest absolute Gasteiger partial charge is 0.309 e. The Balaban J connectivity index is 1.33. The number of fused-ring (bicyclic) bond motifs is 3. The van der Waals surface area contributed by atoms with Crippen LogP contribution >= 0.6 is 0 Å². The first-order valence-electron chi connectivity index (χ1n) is 15.2. The molecule has 0 spiro atoms. The summed E-state index contributed by atoms with van der Waals surface area (Å²) in [6, 6.07) is 4.95. The highest BCUT2D eigenvalue weighted by Crippen LogP contribution is 2.46. The van der Waals surface area contributed by atoms with Crippen LogP contribution in [0.3, 0.4) is 0 Å². The van der Waals surface area contributed by atoms with E-state index in [1.807, 2.05) is 0 Å². The van der Waals surface area contributed by atoms with Crippen molar-refractivity contribution in [2.24, 2.45) is 28.6 Å². The number of carboxylic acids is 1. The maximum atomic E-state index is 13.8. The molecule has 5 fully saturated rings. The summed E-state index contributed by atoms with van der Waals surface area (Å²) in [6.45, 7) is 4.65. The van der Waals surface area contributed by atoms with Crippen LogP contribution in [0.5, 0.6) is 11.5 Å². The molecule has 1 aromatic carbocycles. The van der Waals surface area contributed by atoms with Gasteiger partial charge in [-0.3, -0.25) is 14.4 Å². The van der Waals surface area contributed by atoms with Crippen molar-refractivity contribution in [3.63, 3.8) is 0 Å². The molecule has 5 aliphatic rings. The van der Waals surface area contributed by atoms with Gasteiger partial charge < -0.3 is 25.2 Å². The predicted octanol–water partition coefficient (Wildman–Crippen LogP) is 4.82. The Labute approximate surface area is 242 Å². The average Bonchev–Trinajstić information content (AvgIpc) is 2.96. The minimum atomic E-state index is -0.808. The zero-order chi connectivity index (χ0) is 29.4. The molecular weight excluding hydrogens is 522 g/mol. The normalized spacial score (nSPS) is 31.7. The highest BCUT2D eigenvalue weighted by Gasteiger charge is 2.48. The van der Waals surface area contributed by atoms with Crippen molar-refractivity contribution < 1.29 is 29.0 Å². The number of benzene rings is 1. The Morgan fingerprint density at radius 2 is 1.66 bits per heavy atom. The molecule has 0 unspecified atom stereocenters. The molecule has 5 aliphatic carbocycles. The number of ether oxygens (including phenoxy) is 2. The van der Waals surface area contributed by atoms with Crippen molar-refractivity contribution in [2.75, 3.05) is 13.7 Å². The number of aliphatic carboxylic acids is 1. The molecule has 5 saturated carbocycles. The van der Waals surface area contributed by atoms with Crippen LogP contribution in [-0.4, -0.2) is 48.7 Å². The first kappa shape index (κ1) is 29.2. The standard InChI is InChI=1S/C32H43N3O6/c1-31(11-4-12-31)18-34-29(37)26-19-5-7-20(8-6-19)27(26)35-28(36)23-16-24(21(17-33)15-25(23)40-3)41-22-9-13-32(2,14-10-22)30(38)39/h15-16,19-20,22,26-27H,4-14,18H2,1-3H3,(H,34,37)(H,35,36)(H,38,39)/t19?,20?,22?,26-,27+,32?/m0/s1. The summed E-state index contributed by atoms with van der Waals surface area (Å²) in [5.41, 5.74) is -0.0849. The molecule has 2 bridgehead atoms. The SMILES string of the molecule is COc1cc(C#N)c(OC2CCC(C)(C(=O)O)CC2)cc1C(=O)N[C@@H]1C2CCC(CC2)[C@@H]1C(=O)NCC1(C)CCC1. The van der Waals surface area contributed by atoms with E-state index < -0.39 is 11.4 Å². The van der Waals surface area contributed by atoms with Gasteiger partial charge in [0.15, 0.2) is 0 Å². The highest BCUT2D eigenvalue weighted by atomic mass is 16.5. The van der Waals surface area contributed by atoms with Crippen molar-refractivity contribution in [1.29, 1.82) is 5.26 Å². The number of nitrogens with one attached hydrogen (secondary N) is 2. The second kappa shape index (κ2) is 11.5. The van der Waals surface area contributed by atoms with Gasteiger partial charge in [-0.2, -0.15) is 5.26 Å². The van der Waals surface area contributed by atoms with E-state index >= 15 is 0 Å². The summed E-state index contributed by atoms with van der Waals surface area (Å²) in [4.78, 5) is 38.9. The third-order valence-electron chi connectivity index (χ3n) is 10.6. The van der Waals surface area contributed by atoms with Crippen LogP contribution in [0.2, 0.25) is 0 Å². The number of amides is 2. The number of carbonyl (C=O) groups is 3. The largest absolute Gasteiger partial charge is 0.496 e. The van der Waals surface area contributed by atoms with Crippen LogP contribution in [0.4, 0.5) is 0 Å². The molecule has 1 aromatic rings. The van der Waals surface area contributed by atoms with Crippen LogP contribution in [-0.2, 0) is 9.59 Å². The van der Waals surface area contributed by atoms with E-state index in [0.717, 1.165) is 38.5 Å². The third kappa shape index (κ3) is 5.89. The second-order valence-electron chi connectivity index (χ2n) is 13.4. The number of nitriles is 1. The predicted molar refractivity (Wildman–Crippen MR) is 151 cm³/mol. The summed E-state index contributed by atoms with van der Waals surface area (Å²) in [5, 5.41) is 25.8. The maximum Gasteiger partial charge on any atom is 0.309 e. The Morgan fingerprint density at radius 1 is 1.00 bits per heavy atom. The van der Waals surface area contributed by atoms with Crippen molar-refractivity contribution in [3.05, 3.63) is 23.3 Å². The molecule has 3 N–H and O–H groups in total. The van der Waals surface area contributed by atoms with Crippen LogP contribution < -0.4 is 20.1 Å². The van der Waals surface area contributed by atoms with E-state index in [4.69, 9.17) is 9.47 Å². The lowest BCUT2D eigenvalue weighted by Crippen LogP contribution is -2.58. The fourth-order valence-electron chi connectivity index (χ4n) is 7.47. The van der Waals surface area contributed by atoms with Crippen LogP contribution in [0.1, 0.15) is 100 Å². The number of methoxy groups -OCH3 is 1. The van der Waals surface area contributed by atoms with Crippen LogP contribution in [0, 0.1) is 39.9 Å². The Kier molecular flexibility index (Phi) is 8.22. The second-order valence-corrected chi connectivity index (χ2v) is 13.4. The number of carboxylic acid groups (broad SMARTS) is 1. The molecular formula is C32H43N3O6. The Bertz CT molecular complexity index is 1220. The van der Waals surface area contributed by atoms with Gasteiger partial charge in [0.25, 0.3) is 5.91 Å². The van der Waals surface area contributed by atoms with Gasteiger partial charge in [0, 0.05) is 18.7 Å². The maximum absolute atomic E-state index is 13.8. The van der Waals surface area contributed by atoms with E-state index in [1.54, 1.807) is 13.0 Å². The van der Waals surface area contributed by atoms with Gasteiger partial charge in [0.2, 0.25) is 5.91 Å². The minimum absolute atomic E-state index is 0.0410. The Hall–Kier alpha value is -3.28. The Morgan fingerprint density at radius 3 is 2.22 bits per heavy atom. The summed E-state index contributed by atoms with van der Waals surface area (Å²) in [7, 11) is 1.46. The topological polar surface area (TPSA) is 138 Å². The number of hydrogen-bond donors (Lipinski definition) is 3. The number of carbonyl (C=O) groups excluding carboxylic acids is 2. The van der Waals surface area contributed by atoms with E-state index in [2.05, 4.69) is 23.6 Å². The van der Waals surface area contributed by atoms with Crippen LogP contribution in [0.25, 0.3) is 0 Å². The number of hydrogen-bond acceptors (Lipinski definition) is 6. The molecule has 0 aromatic heterocycles. The van der Waals surface area contributed by atoms with Gasteiger partial charge in [0.1, 0.15) is 17.6 Å². The molecule has 0 aliphatic heterocycles. The van der Waals surface area contributed by atoms with E-state index in [0.29, 0.717) is 32.2 Å². The van der Waals surface area contributed by atoms with Gasteiger partial charge >= 0.3 is 5.97 Å². The first-order chi connectivity index (χ1) is 19.6. The molecule has 0 saturated heterocycles. The minimum Gasteiger partial charge on any atom is -0.496 e. The van der Waals surface area contributed by atoms with E-state index in [-0.39, 0.29) is 69.8 Å². The molecule has 41 heavy (non-hydrogen) atoms. The van der Waals surface area contributed by atoms with Crippen molar-refractivity contribution in [3.8, 4) is 17.6 Å². The zero-order valence-electron chi connectivity index (χ0n) is 24.5. The molecule has 0 radical (unpaired) electrons. The molecule has 6 rings (SSSR count). The van der Waals surface area contributed by atoms with Crippen molar-refractivity contribution in [2.45, 2.75) is 96.6 Å². The molecule has 222 valence electrons. The van der Waals surface area contributed by atoms with Gasteiger partial charge in [0.05, 0.1) is 35.7 Å². The molecule has 9 heteroatoms. The number of rotatable bonds is 9. The molecule has 0 heterocycles. The summed E-state index contributed by atoms with van der Waals surface area (Å²) >= 11 is 0. The summed E-state index contributed by atoms with van der Waals surface area (Å²) in [5.74, 6) is -0.324. The monoisotopic (exact) mass is 565 g/mol. The molecule has 2 atom stereocenters. The fraction of sp³-hybridized carbons (Fsp3) is 0.688. The lowest BCUT2D eigenvalue weighted by molar-refractivity contribution is -0.150. The molecule has 2 amide bonds.